The highest BCUT2D eigenvalue weighted by Crippen LogP contribution is 2.50. The Labute approximate surface area is 724 Å². The number of aryl methyl sites for hydroxylation is 10. The fourth-order valence-corrected chi connectivity index (χ4v) is 20.7. The Kier molecular flexibility index (Phi) is 23.6. The average molecular weight is 1680 g/mol. The molecule has 4 N–H and O–H groups in total. The maximum absolute atomic E-state index is 13.1. The fraction of sp³-hybridized carbons (Fsp3) is 0.221. The van der Waals surface area contributed by atoms with Crippen LogP contribution >= 0.6 is 15.9 Å². The van der Waals surface area contributed by atoms with Crippen LogP contribution in [0.5, 0.6) is 0 Å². The molecule has 0 spiro atoms. The minimum atomic E-state index is -0.918. The summed E-state index contributed by atoms with van der Waals surface area (Å²) in [5, 5.41) is 40.8. The lowest BCUT2D eigenvalue weighted by atomic mass is 9.69. The van der Waals surface area contributed by atoms with E-state index in [-0.39, 0.29) is 42.6 Å². The first kappa shape index (κ1) is 81.3. The summed E-state index contributed by atoms with van der Waals surface area (Å²) >= 11 is 3.55. The molecule has 0 unspecified atom stereocenters. The number of hydrogen-bond acceptors (Lipinski definition) is 12. The van der Waals surface area contributed by atoms with Gasteiger partial charge in [0.25, 0.3) is 34.7 Å². The zero-order valence-electron chi connectivity index (χ0n) is 68.0. The van der Waals surface area contributed by atoms with Gasteiger partial charge in [0, 0.05) is 47.1 Å². The summed E-state index contributed by atoms with van der Waals surface area (Å²) in [5.74, 6) is 0.0792. The second-order valence-corrected chi connectivity index (χ2v) is 32.8. The van der Waals surface area contributed by atoms with Crippen LogP contribution in [0.3, 0.4) is 0 Å². The fourth-order valence-electron chi connectivity index (χ4n) is 20.1. The van der Waals surface area contributed by atoms with Crippen molar-refractivity contribution in [3.05, 3.63) is 459 Å². The lowest BCUT2D eigenvalue weighted by molar-refractivity contribution is 0.0631. The Morgan fingerprint density at radius 3 is 0.894 bits per heavy atom. The van der Waals surface area contributed by atoms with Gasteiger partial charge in [-0.1, -0.05) is 293 Å². The normalized spacial score (nSPS) is 15.7. The van der Waals surface area contributed by atoms with Crippen LogP contribution in [0.25, 0.3) is 9.69 Å². The zero-order valence-corrected chi connectivity index (χ0v) is 69.6. The predicted octanol–water partition coefficient (Wildman–Crippen LogP) is 18.1. The molecule has 21 rings (SSSR count). The van der Waals surface area contributed by atoms with Gasteiger partial charge in [-0.25, -0.2) is 13.1 Å². The van der Waals surface area contributed by atoms with Crippen LogP contribution in [0.1, 0.15) is 196 Å². The van der Waals surface area contributed by atoms with Gasteiger partial charge >= 0.3 is 0 Å². The molecule has 12 aromatic carbocycles. The lowest BCUT2D eigenvalue weighted by Gasteiger charge is -2.34. The number of hydrogen-bond donors (Lipinski definition) is 3. The highest BCUT2D eigenvalue weighted by molar-refractivity contribution is 9.09. The van der Waals surface area contributed by atoms with Crippen LogP contribution in [0.2, 0.25) is 0 Å². The Morgan fingerprint density at radius 2 is 0.610 bits per heavy atom. The Hall–Kier alpha value is -14.0. The first-order chi connectivity index (χ1) is 60.4. The molecule has 4 amide bonds. The van der Waals surface area contributed by atoms with Crippen molar-refractivity contribution in [2.75, 3.05) is 25.0 Å². The number of halogens is 1. The van der Waals surface area contributed by atoms with Gasteiger partial charge in [0.15, 0.2) is 11.6 Å². The molecule has 0 bridgehead atoms. The number of nitrogens with two attached hydrogens (primary N) is 1. The Morgan fingerprint density at radius 1 is 0.358 bits per heavy atom. The molecule has 0 radical (unpaired) electrons. The second-order valence-electron chi connectivity index (χ2n) is 32.0. The van der Waals surface area contributed by atoms with E-state index in [0.29, 0.717) is 53.3 Å². The van der Waals surface area contributed by atoms with Crippen LogP contribution in [-0.2, 0) is 86.1 Å². The van der Waals surface area contributed by atoms with E-state index in [1.165, 1.54) is 87.7 Å². The number of carbonyl (C=O) groups is 4. The van der Waals surface area contributed by atoms with Crippen LogP contribution in [0, 0.1) is 24.5 Å². The first-order valence-electron chi connectivity index (χ1n) is 42.1. The number of carbonyl (C=O) groups excluding carboxylic acids is 4. The van der Waals surface area contributed by atoms with E-state index in [1.807, 2.05) is 72.8 Å². The molecule has 19 heteroatoms. The van der Waals surface area contributed by atoms with Gasteiger partial charge < -0.3 is 5.73 Å². The van der Waals surface area contributed by atoms with E-state index in [0.717, 1.165) is 116 Å². The number of aromatic amines is 2. The number of nitrogens with one attached hydrogen (secondary N) is 2. The van der Waals surface area contributed by atoms with Gasteiger partial charge in [-0.15, -0.1) is 20.4 Å². The SMILES string of the molecule is N#CC1c2ccccc2CCc2ccccc21.NCCC1(c2nn[nH]n2)c2ccccc2CCc2ccccc21.O=C1c2ccccc2C(=O)N1CCC1(c2nn[nH]n2)c2ccccc2CCc2ccccc21.[C-]#[N+]C1(CCBr)c2ccccc2CCc2ccccc21.[C-]#[N+]C1(CCN2C(=O)c3ccccc3C2=O)c2ccccc2CCc2ccccc21. The van der Waals surface area contributed by atoms with E-state index in [9.17, 15) is 24.4 Å². The average Bonchev–Trinajstić information content (AvgIpc) is 1.67. The van der Waals surface area contributed by atoms with Crippen LogP contribution in [0.4, 0.5) is 0 Å². The van der Waals surface area contributed by atoms with Crippen LogP contribution in [0.15, 0.2) is 291 Å². The number of tetrazole rings is 2. The van der Waals surface area contributed by atoms with Crippen LogP contribution in [-0.4, -0.2) is 99.6 Å². The summed E-state index contributed by atoms with van der Waals surface area (Å²) in [5.41, 5.74) is 29.3. The smallest absolute Gasteiger partial charge is 0.284 e. The number of nitriles is 1. The number of imide groups is 2. The number of fused-ring (bicyclic) bond motifs is 12. The molecule has 606 valence electrons. The van der Waals surface area contributed by atoms with Gasteiger partial charge in [0.05, 0.1) is 51.5 Å². The third-order valence-electron chi connectivity index (χ3n) is 25.9. The second kappa shape index (κ2) is 35.7. The van der Waals surface area contributed by atoms with Crippen molar-refractivity contribution < 1.29 is 19.2 Å². The number of amides is 4. The van der Waals surface area contributed by atoms with Crippen molar-refractivity contribution in [3.63, 3.8) is 0 Å². The molecule has 2 aliphatic heterocycles. The van der Waals surface area contributed by atoms with Gasteiger partial charge in [-0.2, -0.15) is 15.7 Å². The standard InChI is InChI=1S/C26H21N5O2.C26H20N2O2.C18H16BrN.C18H19N5.C16H13N/c32-23-19-9-3-4-10-20(19)24(33)31(23)16-15-26(25-27-29-30-28-25)21-11-5-1-7-17(21)13-14-18-8-2-6-12-22(18)26;1-27-26(16-17-28-24(29)20-10-4-5-11-21(20)25(28)30)22-12-6-2-8-18(22)14-15-19-9-3-7-13-23(19)26;1-20-18(12-13-19)16-8-4-2-6-14(16)10-11-15-7-3-5-9-17(15)18;19-12-11-18(17-20-22-23-21-17)15-7-3-1-5-13(15)9-10-14-6-2-4-8-16(14)18;17-11-16-14-7-3-1-5-12(14)9-10-13-6-2-4-8-15(13)16/h1-12H,13-16H2,(H,27,28,29,30);2-13H,14-17H2;2-9H,10-13H2;1-8H,9-12,19H2,(H,20,21,22,23);1-8,16H,9-10H2. The molecule has 0 atom stereocenters. The van der Waals surface area contributed by atoms with E-state index >= 15 is 0 Å². The molecule has 7 aliphatic rings. The zero-order chi connectivity index (χ0) is 84.5. The summed E-state index contributed by atoms with van der Waals surface area (Å²) in [6, 6.07) is 99.8. The quantitative estimate of drug-likeness (QED) is 0.0588. The number of aromatic nitrogens is 8. The summed E-state index contributed by atoms with van der Waals surface area (Å²) < 4.78 is 0. The topological polar surface area (TPSA) is 242 Å². The van der Waals surface area contributed by atoms with E-state index in [2.05, 4.69) is 243 Å². The molecule has 5 aliphatic carbocycles. The maximum Gasteiger partial charge on any atom is 0.284 e. The number of rotatable bonds is 12. The highest BCUT2D eigenvalue weighted by atomic mass is 79.9. The van der Waals surface area contributed by atoms with E-state index < -0.39 is 21.9 Å². The summed E-state index contributed by atoms with van der Waals surface area (Å²) in [6.45, 7) is 17.2. The summed E-state index contributed by atoms with van der Waals surface area (Å²) in [6.07, 6.45) is 12.0. The van der Waals surface area contributed by atoms with Crippen molar-refractivity contribution in [2.24, 2.45) is 5.73 Å². The molecular weight excluding hydrogens is 1590 g/mol. The minimum Gasteiger partial charge on any atom is -0.330 e. The largest absolute Gasteiger partial charge is 0.330 e. The highest BCUT2D eigenvalue weighted by Gasteiger charge is 2.51. The molecule has 2 aromatic heterocycles. The number of alkyl halides is 1. The number of benzene rings is 12. The lowest BCUT2D eigenvalue weighted by Crippen LogP contribution is -2.39. The van der Waals surface area contributed by atoms with Crippen molar-refractivity contribution in [1.29, 1.82) is 5.26 Å². The monoisotopic (exact) mass is 1680 g/mol. The van der Waals surface area contributed by atoms with Crippen molar-refractivity contribution >= 4 is 39.6 Å². The maximum atomic E-state index is 13.1. The van der Waals surface area contributed by atoms with Gasteiger partial charge in [-0.05, 0) is 197 Å². The van der Waals surface area contributed by atoms with Gasteiger partial charge in [0.1, 0.15) is 0 Å². The molecule has 0 saturated heterocycles. The minimum absolute atomic E-state index is 0.107. The molecule has 123 heavy (non-hydrogen) atoms. The van der Waals surface area contributed by atoms with Gasteiger partial charge in [0.2, 0.25) is 0 Å². The molecule has 4 heterocycles. The predicted molar refractivity (Wildman–Crippen MR) is 477 cm³/mol. The molecule has 18 nitrogen and oxygen atoms in total. The Balaban J connectivity index is 0.000000111. The first-order valence-corrected chi connectivity index (χ1v) is 43.2. The molecule has 14 aromatic rings. The molecular formula is C104H89BrN14O4. The van der Waals surface area contributed by atoms with Crippen molar-refractivity contribution in [2.45, 2.75) is 118 Å². The summed E-state index contributed by atoms with van der Waals surface area (Å²) in [7, 11) is 0. The van der Waals surface area contributed by atoms with E-state index in [1.54, 1.807) is 48.5 Å². The van der Waals surface area contributed by atoms with Crippen molar-refractivity contribution in [3.8, 4) is 6.07 Å². The van der Waals surface area contributed by atoms with Crippen molar-refractivity contribution in [1.82, 2.24) is 51.0 Å². The Bertz CT molecular complexity index is 6130. The third-order valence-corrected chi connectivity index (χ3v) is 26.3. The molecule has 0 fully saturated rings. The molecule has 0 saturated carbocycles. The number of H-pyrrole nitrogens is 2. The van der Waals surface area contributed by atoms with E-state index in [4.69, 9.17) is 18.9 Å². The van der Waals surface area contributed by atoms with Gasteiger partial charge in [-0.3, -0.25) is 38.7 Å². The number of nitrogens with zero attached hydrogens (tertiary/aromatic N) is 11. The summed E-state index contributed by atoms with van der Waals surface area (Å²) in [4.78, 5) is 62.9. The third kappa shape index (κ3) is 14.9. The van der Waals surface area contributed by atoms with Crippen LogP contribution < -0.4 is 5.73 Å².